The first kappa shape index (κ1) is 11.5. The SMILES string of the molecule is CC1=C[C@]2(C)[C@H](OC1=O)[C@H]1OC(=O)C(C)=C[C@]12C. The van der Waals surface area contributed by atoms with E-state index < -0.39 is 0 Å². The van der Waals surface area contributed by atoms with Crippen molar-refractivity contribution in [2.45, 2.75) is 39.9 Å². The second kappa shape index (κ2) is 3.05. The van der Waals surface area contributed by atoms with Gasteiger partial charge >= 0.3 is 11.9 Å². The van der Waals surface area contributed by atoms with Crippen LogP contribution in [0.3, 0.4) is 0 Å². The second-order valence-electron chi connectivity index (χ2n) is 5.87. The third-order valence-corrected chi connectivity index (χ3v) is 4.76. The predicted molar refractivity (Wildman–Crippen MR) is 63.5 cm³/mol. The Morgan fingerprint density at radius 2 is 1.22 bits per heavy atom. The molecule has 1 aliphatic carbocycles. The molecule has 0 aromatic rings. The van der Waals surface area contributed by atoms with E-state index in [1.165, 1.54) is 0 Å². The van der Waals surface area contributed by atoms with Gasteiger partial charge in [0.15, 0.2) is 0 Å². The molecule has 4 nitrogen and oxygen atoms in total. The highest BCUT2D eigenvalue weighted by Gasteiger charge is 2.71. The van der Waals surface area contributed by atoms with Crippen molar-refractivity contribution in [3.8, 4) is 0 Å². The highest BCUT2D eigenvalue weighted by atomic mass is 16.6. The van der Waals surface area contributed by atoms with Crippen LogP contribution >= 0.6 is 0 Å². The number of fused-ring (bicyclic) bond motifs is 4. The molecule has 0 N–H and O–H groups in total. The number of rotatable bonds is 0. The van der Waals surface area contributed by atoms with Gasteiger partial charge in [0, 0.05) is 22.0 Å². The Morgan fingerprint density at radius 1 is 0.889 bits per heavy atom. The average molecular weight is 248 g/mol. The zero-order chi connectivity index (χ0) is 13.3. The van der Waals surface area contributed by atoms with Gasteiger partial charge in [0.25, 0.3) is 0 Å². The molecule has 4 atom stereocenters. The fourth-order valence-corrected chi connectivity index (χ4v) is 3.42. The first-order chi connectivity index (χ1) is 8.29. The summed E-state index contributed by atoms with van der Waals surface area (Å²) in [6, 6.07) is 0. The lowest BCUT2D eigenvalue weighted by molar-refractivity contribution is -0.254. The van der Waals surface area contributed by atoms with Crippen LogP contribution in [0.2, 0.25) is 0 Å². The van der Waals surface area contributed by atoms with Gasteiger partial charge in [-0.15, -0.1) is 0 Å². The molecule has 0 aromatic heterocycles. The minimum atomic E-state index is -0.369. The van der Waals surface area contributed by atoms with Gasteiger partial charge < -0.3 is 9.47 Å². The number of carbonyl (C=O) groups excluding carboxylic acids is 2. The van der Waals surface area contributed by atoms with E-state index in [9.17, 15) is 9.59 Å². The molecule has 18 heavy (non-hydrogen) atoms. The quantitative estimate of drug-likeness (QED) is 0.613. The first-order valence-electron chi connectivity index (χ1n) is 6.10. The van der Waals surface area contributed by atoms with Gasteiger partial charge in [0.05, 0.1) is 0 Å². The number of hydrogen-bond acceptors (Lipinski definition) is 4. The fraction of sp³-hybridized carbons (Fsp3) is 0.571. The van der Waals surface area contributed by atoms with E-state index in [1.54, 1.807) is 13.8 Å². The van der Waals surface area contributed by atoms with Crippen molar-refractivity contribution in [3.63, 3.8) is 0 Å². The summed E-state index contributed by atoms with van der Waals surface area (Å²) in [7, 11) is 0. The van der Waals surface area contributed by atoms with Crippen molar-refractivity contribution in [3.05, 3.63) is 23.3 Å². The maximum atomic E-state index is 11.6. The zero-order valence-electron chi connectivity index (χ0n) is 10.9. The lowest BCUT2D eigenvalue weighted by atomic mass is 9.45. The van der Waals surface area contributed by atoms with Crippen LogP contribution in [-0.4, -0.2) is 24.1 Å². The number of ether oxygens (including phenoxy) is 2. The summed E-state index contributed by atoms with van der Waals surface area (Å²) in [5.74, 6) is -0.635. The van der Waals surface area contributed by atoms with Crippen LogP contribution in [-0.2, 0) is 19.1 Å². The lowest BCUT2D eigenvalue weighted by Gasteiger charge is -2.64. The first-order valence-corrected chi connectivity index (χ1v) is 6.10. The maximum Gasteiger partial charge on any atom is 0.333 e. The highest BCUT2D eigenvalue weighted by molar-refractivity contribution is 5.91. The summed E-state index contributed by atoms with van der Waals surface area (Å²) in [6.07, 6.45) is 3.19. The highest BCUT2D eigenvalue weighted by Crippen LogP contribution is 2.64. The molecule has 0 saturated heterocycles. The Morgan fingerprint density at radius 3 is 1.56 bits per heavy atom. The molecule has 0 spiro atoms. The topological polar surface area (TPSA) is 52.6 Å². The summed E-state index contributed by atoms with van der Waals surface area (Å²) in [6.45, 7) is 7.61. The molecule has 4 heteroatoms. The molecule has 0 bridgehead atoms. The van der Waals surface area contributed by atoms with Gasteiger partial charge in [0.2, 0.25) is 0 Å². The van der Waals surface area contributed by atoms with Crippen LogP contribution in [0, 0.1) is 10.8 Å². The Labute approximate surface area is 106 Å². The van der Waals surface area contributed by atoms with Crippen LogP contribution in [0.15, 0.2) is 23.3 Å². The fourth-order valence-electron chi connectivity index (χ4n) is 3.42. The Hall–Kier alpha value is -1.58. The van der Waals surface area contributed by atoms with Crippen LogP contribution in [0.25, 0.3) is 0 Å². The van der Waals surface area contributed by atoms with Crippen molar-refractivity contribution in [1.29, 1.82) is 0 Å². The summed E-state index contributed by atoms with van der Waals surface area (Å²) in [5, 5.41) is 0. The van der Waals surface area contributed by atoms with E-state index in [4.69, 9.17) is 9.47 Å². The molecular formula is C14H16O4. The summed E-state index contributed by atoms with van der Waals surface area (Å²) in [4.78, 5) is 23.2. The minimum absolute atomic E-state index is 0.294. The van der Waals surface area contributed by atoms with Gasteiger partial charge in [-0.3, -0.25) is 0 Å². The van der Waals surface area contributed by atoms with Crippen LogP contribution < -0.4 is 0 Å². The van der Waals surface area contributed by atoms with Crippen LogP contribution in [0.4, 0.5) is 0 Å². The maximum absolute atomic E-state index is 11.6. The molecule has 0 radical (unpaired) electrons. The van der Waals surface area contributed by atoms with Crippen LogP contribution in [0.1, 0.15) is 27.7 Å². The lowest BCUT2D eigenvalue weighted by Crippen LogP contribution is -2.73. The number of esters is 2. The molecule has 2 heterocycles. The largest absolute Gasteiger partial charge is 0.454 e. The molecule has 2 aliphatic heterocycles. The average Bonchev–Trinajstić information content (AvgIpc) is 2.29. The smallest absolute Gasteiger partial charge is 0.333 e. The van der Waals surface area contributed by atoms with Crippen molar-refractivity contribution in [1.82, 2.24) is 0 Å². The van der Waals surface area contributed by atoms with E-state index >= 15 is 0 Å². The van der Waals surface area contributed by atoms with E-state index in [-0.39, 0.29) is 35.0 Å². The standard InChI is InChI=1S/C14H16O4/c1-7-5-13(3)9(17-11(7)15)10-14(13,4)6-8(2)12(16)18-10/h5-6,9-10H,1-4H3/t9-,10-,13-,14-/m1/s1. The van der Waals surface area contributed by atoms with Crippen molar-refractivity contribution < 1.29 is 19.1 Å². The van der Waals surface area contributed by atoms with Gasteiger partial charge in [-0.1, -0.05) is 26.0 Å². The Kier molecular flexibility index (Phi) is 1.95. The molecule has 0 aromatic carbocycles. The summed E-state index contributed by atoms with van der Waals surface area (Å²) < 4.78 is 10.8. The van der Waals surface area contributed by atoms with Gasteiger partial charge in [-0.25, -0.2) is 9.59 Å². The second-order valence-corrected chi connectivity index (χ2v) is 5.87. The molecule has 0 amide bonds. The number of carbonyl (C=O) groups is 2. The number of hydrogen-bond donors (Lipinski definition) is 0. The van der Waals surface area contributed by atoms with Gasteiger partial charge in [0.1, 0.15) is 12.2 Å². The van der Waals surface area contributed by atoms with E-state index in [0.29, 0.717) is 11.1 Å². The molecular weight excluding hydrogens is 232 g/mol. The van der Waals surface area contributed by atoms with Crippen LogP contribution in [0.5, 0.6) is 0 Å². The Balaban J connectivity index is 2.12. The summed E-state index contributed by atoms with van der Waals surface area (Å²) >= 11 is 0. The van der Waals surface area contributed by atoms with E-state index in [0.717, 1.165) is 0 Å². The normalized spacial score (nSPS) is 45.8. The van der Waals surface area contributed by atoms with Gasteiger partial charge in [-0.2, -0.15) is 0 Å². The van der Waals surface area contributed by atoms with Gasteiger partial charge in [-0.05, 0) is 13.8 Å². The van der Waals surface area contributed by atoms with E-state index in [1.807, 2.05) is 26.0 Å². The van der Waals surface area contributed by atoms with E-state index in [2.05, 4.69) is 0 Å². The third-order valence-electron chi connectivity index (χ3n) is 4.76. The van der Waals surface area contributed by atoms with Crippen molar-refractivity contribution in [2.75, 3.05) is 0 Å². The Bertz CT molecular complexity index is 482. The van der Waals surface area contributed by atoms with Crippen molar-refractivity contribution in [2.24, 2.45) is 10.8 Å². The minimum Gasteiger partial charge on any atom is -0.454 e. The van der Waals surface area contributed by atoms with Crippen molar-refractivity contribution >= 4 is 11.9 Å². The third kappa shape index (κ3) is 1.06. The molecule has 1 fully saturated rings. The zero-order valence-corrected chi connectivity index (χ0v) is 10.9. The molecule has 0 unspecified atom stereocenters. The predicted octanol–water partition coefficient (Wildman–Crippen LogP) is 1.76. The molecule has 1 saturated carbocycles. The monoisotopic (exact) mass is 248 g/mol. The molecule has 3 aliphatic rings. The molecule has 96 valence electrons. The molecule has 3 rings (SSSR count). The summed E-state index contributed by atoms with van der Waals surface area (Å²) in [5.41, 5.74) is 0.655.